The topological polar surface area (TPSA) is 123 Å². The average Bonchev–Trinajstić information content (AvgIpc) is 3.35. The molecule has 0 spiro atoms. The van der Waals surface area contributed by atoms with Gasteiger partial charge in [0.1, 0.15) is 0 Å². The van der Waals surface area contributed by atoms with Crippen LogP contribution in [0.2, 0.25) is 0 Å². The predicted octanol–water partition coefficient (Wildman–Crippen LogP) is 2.05. The van der Waals surface area contributed by atoms with Crippen LogP contribution in [0.25, 0.3) is 11.5 Å². The Balaban J connectivity index is 1.50. The van der Waals surface area contributed by atoms with Gasteiger partial charge < -0.3 is 14.5 Å². The number of aromatic nitrogens is 2. The molecular formula is C18H20N4O5. The molecule has 1 aliphatic carbocycles. The minimum atomic E-state index is -1.11. The molecule has 142 valence electrons. The van der Waals surface area contributed by atoms with E-state index in [1.165, 1.54) is 25.5 Å². The number of nitrogens with one attached hydrogen (secondary N) is 2. The molecule has 1 heterocycles. The van der Waals surface area contributed by atoms with Crippen LogP contribution in [-0.2, 0) is 9.53 Å². The first-order valence-corrected chi connectivity index (χ1v) is 8.72. The molecule has 1 atom stereocenters. The third-order valence-corrected chi connectivity index (χ3v) is 4.31. The van der Waals surface area contributed by atoms with Gasteiger partial charge in [-0.25, -0.2) is 9.59 Å². The van der Waals surface area contributed by atoms with Crippen LogP contribution in [0.3, 0.4) is 0 Å². The zero-order valence-corrected chi connectivity index (χ0v) is 14.8. The van der Waals surface area contributed by atoms with Crippen molar-refractivity contribution in [3.8, 4) is 11.5 Å². The molecule has 1 aromatic heterocycles. The zero-order valence-electron chi connectivity index (χ0n) is 14.8. The van der Waals surface area contributed by atoms with E-state index in [0.717, 1.165) is 25.7 Å². The Morgan fingerprint density at radius 2 is 1.89 bits per heavy atom. The Morgan fingerprint density at radius 1 is 1.19 bits per heavy atom. The lowest BCUT2D eigenvalue weighted by Crippen LogP contribution is -2.47. The first-order chi connectivity index (χ1) is 13.0. The molecule has 0 saturated heterocycles. The molecule has 3 amide bonds. The van der Waals surface area contributed by atoms with E-state index in [1.807, 2.05) is 0 Å². The summed E-state index contributed by atoms with van der Waals surface area (Å²) in [6, 6.07) is 5.83. The van der Waals surface area contributed by atoms with Crippen molar-refractivity contribution in [3.05, 3.63) is 36.2 Å². The van der Waals surface area contributed by atoms with Crippen LogP contribution in [0.4, 0.5) is 4.79 Å². The average molecular weight is 372 g/mol. The van der Waals surface area contributed by atoms with E-state index in [1.54, 1.807) is 12.1 Å². The maximum absolute atomic E-state index is 12.2. The number of ether oxygens (including phenoxy) is 1. The fourth-order valence-corrected chi connectivity index (χ4v) is 2.84. The summed E-state index contributed by atoms with van der Waals surface area (Å²) in [5.41, 5.74) is 0.909. The second kappa shape index (κ2) is 8.43. The number of carbonyl (C=O) groups is 3. The van der Waals surface area contributed by atoms with Crippen LogP contribution >= 0.6 is 0 Å². The molecule has 3 rings (SSSR count). The first-order valence-electron chi connectivity index (χ1n) is 8.72. The summed E-state index contributed by atoms with van der Waals surface area (Å²) in [6.45, 7) is 1.41. The lowest BCUT2D eigenvalue weighted by atomic mass is 10.1. The van der Waals surface area contributed by atoms with Crippen molar-refractivity contribution < 1.29 is 23.5 Å². The van der Waals surface area contributed by atoms with Crippen molar-refractivity contribution in [1.82, 2.24) is 20.8 Å². The van der Waals surface area contributed by atoms with Crippen molar-refractivity contribution in [2.75, 3.05) is 0 Å². The molecule has 1 saturated carbocycles. The minimum absolute atomic E-state index is 0.0908. The largest absolute Gasteiger partial charge is 0.449 e. The molecule has 1 aromatic carbocycles. The van der Waals surface area contributed by atoms with Gasteiger partial charge in [0.05, 0.1) is 5.56 Å². The number of esters is 1. The van der Waals surface area contributed by atoms with Crippen LogP contribution in [0, 0.1) is 0 Å². The Bertz CT molecular complexity index is 798. The SMILES string of the molecule is C[C@H](OC(=O)c1ccc(-c2nnco2)cc1)C(=O)NC(=O)NC1CCCC1. The van der Waals surface area contributed by atoms with Crippen LogP contribution in [0.1, 0.15) is 43.0 Å². The molecule has 9 nitrogen and oxygen atoms in total. The highest BCUT2D eigenvalue weighted by atomic mass is 16.5. The van der Waals surface area contributed by atoms with Crippen LogP contribution < -0.4 is 10.6 Å². The van der Waals surface area contributed by atoms with Gasteiger partial charge >= 0.3 is 12.0 Å². The number of rotatable bonds is 5. The third kappa shape index (κ3) is 4.90. The second-order valence-corrected chi connectivity index (χ2v) is 6.31. The highest BCUT2D eigenvalue weighted by Gasteiger charge is 2.23. The number of hydrogen-bond acceptors (Lipinski definition) is 7. The van der Waals surface area contributed by atoms with E-state index in [0.29, 0.717) is 11.5 Å². The summed E-state index contributed by atoms with van der Waals surface area (Å²) < 4.78 is 10.2. The summed E-state index contributed by atoms with van der Waals surface area (Å²) >= 11 is 0. The van der Waals surface area contributed by atoms with Crippen molar-refractivity contribution in [2.24, 2.45) is 0 Å². The van der Waals surface area contributed by atoms with Crippen molar-refractivity contribution in [3.63, 3.8) is 0 Å². The molecule has 9 heteroatoms. The van der Waals surface area contributed by atoms with Crippen molar-refractivity contribution in [2.45, 2.75) is 44.8 Å². The normalized spacial score (nSPS) is 15.1. The Kier molecular flexibility index (Phi) is 5.80. The predicted molar refractivity (Wildman–Crippen MR) is 93.5 cm³/mol. The van der Waals surface area contributed by atoms with Gasteiger partial charge in [-0.2, -0.15) is 0 Å². The second-order valence-electron chi connectivity index (χ2n) is 6.31. The number of benzene rings is 1. The molecular weight excluding hydrogens is 352 g/mol. The molecule has 1 aliphatic rings. The van der Waals surface area contributed by atoms with E-state index in [2.05, 4.69) is 20.8 Å². The van der Waals surface area contributed by atoms with Gasteiger partial charge in [0.15, 0.2) is 6.10 Å². The maximum atomic E-state index is 12.2. The van der Waals surface area contributed by atoms with Gasteiger partial charge in [-0.3, -0.25) is 10.1 Å². The Morgan fingerprint density at radius 3 is 2.52 bits per heavy atom. The summed E-state index contributed by atoms with van der Waals surface area (Å²) in [6.07, 6.45) is 4.05. The van der Waals surface area contributed by atoms with Gasteiger partial charge in [-0.05, 0) is 44.0 Å². The third-order valence-electron chi connectivity index (χ3n) is 4.31. The Hall–Kier alpha value is -3.23. The van der Waals surface area contributed by atoms with Gasteiger partial charge in [0.2, 0.25) is 12.3 Å². The first kappa shape index (κ1) is 18.6. The summed E-state index contributed by atoms with van der Waals surface area (Å²) in [7, 11) is 0. The lowest BCUT2D eigenvalue weighted by Gasteiger charge is -2.15. The summed E-state index contributed by atoms with van der Waals surface area (Å²) in [5, 5.41) is 12.3. The molecule has 2 aromatic rings. The number of imide groups is 1. The summed E-state index contributed by atoms with van der Waals surface area (Å²) in [4.78, 5) is 36.0. The lowest BCUT2D eigenvalue weighted by molar-refractivity contribution is -0.127. The van der Waals surface area contributed by atoms with E-state index >= 15 is 0 Å². The molecule has 1 fully saturated rings. The molecule has 0 bridgehead atoms. The number of urea groups is 1. The van der Waals surface area contributed by atoms with E-state index in [9.17, 15) is 14.4 Å². The van der Waals surface area contributed by atoms with Crippen LogP contribution in [0.15, 0.2) is 35.1 Å². The van der Waals surface area contributed by atoms with Gasteiger partial charge in [-0.1, -0.05) is 12.8 Å². The monoisotopic (exact) mass is 372 g/mol. The van der Waals surface area contributed by atoms with E-state index in [4.69, 9.17) is 9.15 Å². The smallest absolute Gasteiger partial charge is 0.338 e. The minimum Gasteiger partial charge on any atom is -0.449 e. The quantitative estimate of drug-likeness (QED) is 0.770. The van der Waals surface area contributed by atoms with Gasteiger partial charge in [0.25, 0.3) is 5.91 Å². The fourth-order valence-electron chi connectivity index (χ4n) is 2.84. The van der Waals surface area contributed by atoms with Crippen LogP contribution in [-0.4, -0.2) is 40.3 Å². The molecule has 2 N–H and O–H groups in total. The molecule has 27 heavy (non-hydrogen) atoms. The van der Waals surface area contributed by atoms with Gasteiger partial charge in [0, 0.05) is 11.6 Å². The highest BCUT2D eigenvalue weighted by Crippen LogP contribution is 2.18. The molecule has 0 aliphatic heterocycles. The number of nitrogens with zero attached hydrogens (tertiary/aromatic N) is 2. The van der Waals surface area contributed by atoms with Crippen molar-refractivity contribution in [1.29, 1.82) is 0 Å². The number of amides is 3. The van der Waals surface area contributed by atoms with E-state index < -0.39 is 24.0 Å². The van der Waals surface area contributed by atoms with E-state index in [-0.39, 0.29) is 11.6 Å². The van der Waals surface area contributed by atoms with Crippen LogP contribution in [0.5, 0.6) is 0 Å². The standard InChI is InChI=1S/C18H20N4O5/c1-11(15(23)21-18(25)20-14-4-2-3-5-14)27-17(24)13-8-6-12(7-9-13)16-22-19-10-26-16/h6-11,14H,2-5H2,1H3,(H2,20,21,23,25)/t11-/m0/s1. The fraction of sp³-hybridized carbons (Fsp3) is 0.389. The number of carbonyl (C=O) groups excluding carboxylic acids is 3. The Labute approximate surface area is 155 Å². The van der Waals surface area contributed by atoms with Crippen molar-refractivity contribution >= 4 is 17.9 Å². The maximum Gasteiger partial charge on any atom is 0.338 e. The summed E-state index contributed by atoms with van der Waals surface area (Å²) in [5.74, 6) is -1.02. The number of hydrogen-bond donors (Lipinski definition) is 2. The highest BCUT2D eigenvalue weighted by molar-refractivity contribution is 5.98. The molecule has 0 radical (unpaired) electrons. The van der Waals surface area contributed by atoms with Gasteiger partial charge in [-0.15, -0.1) is 10.2 Å². The zero-order chi connectivity index (χ0) is 19.2. The molecule has 0 unspecified atom stereocenters.